The minimum atomic E-state index is -0.569. The first-order valence-corrected chi connectivity index (χ1v) is 12.3. The van der Waals surface area contributed by atoms with Gasteiger partial charge in [-0.1, -0.05) is 13.0 Å². The summed E-state index contributed by atoms with van der Waals surface area (Å²) >= 11 is 5.87. The molecule has 0 unspecified atom stereocenters. The standard InChI is InChI=1S/C24H23ClFN9O/c1-2-17(22-31-16-5-3-4-15(26)18(16)24(36)34(22)14-6-7-14)35-23-19(21(27)28-12-29-23)20(32-35)13-10-30-33(11-13)9-8-25/h3-5,10-12,14,17H,2,6-9H2,1H3,(H2,27,28,29)/t17-/m0/s1. The van der Waals surface area contributed by atoms with Crippen molar-refractivity contribution < 1.29 is 4.39 Å². The molecule has 12 heteroatoms. The van der Waals surface area contributed by atoms with Gasteiger partial charge >= 0.3 is 0 Å². The molecule has 2 N–H and O–H groups in total. The van der Waals surface area contributed by atoms with Gasteiger partial charge in [0.1, 0.15) is 40.9 Å². The molecule has 5 aromatic rings. The topological polar surface area (TPSA) is 122 Å². The molecule has 0 saturated heterocycles. The number of aryl methyl sites for hydroxylation is 1. The first-order valence-electron chi connectivity index (χ1n) is 11.8. The fourth-order valence-electron chi connectivity index (χ4n) is 4.71. The molecule has 0 amide bonds. The van der Waals surface area contributed by atoms with Crippen LogP contribution in [0.2, 0.25) is 0 Å². The van der Waals surface area contributed by atoms with E-state index in [4.69, 9.17) is 27.4 Å². The van der Waals surface area contributed by atoms with Crippen LogP contribution in [-0.2, 0) is 6.54 Å². The summed E-state index contributed by atoms with van der Waals surface area (Å²) in [5, 5.41) is 9.86. The molecule has 0 aliphatic heterocycles. The van der Waals surface area contributed by atoms with E-state index in [1.165, 1.54) is 12.4 Å². The van der Waals surface area contributed by atoms with Crippen LogP contribution >= 0.6 is 11.6 Å². The van der Waals surface area contributed by atoms with Crippen molar-refractivity contribution in [2.75, 3.05) is 11.6 Å². The lowest BCUT2D eigenvalue weighted by atomic mass is 10.1. The molecule has 4 heterocycles. The zero-order chi connectivity index (χ0) is 25.0. The van der Waals surface area contributed by atoms with Gasteiger partial charge in [-0.15, -0.1) is 11.6 Å². The molecule has 6 rings (SSSR count). The Kier molecular flexibility index (Phi) is 5.44. The summed E-state index contributed by atoms with van der Waals surface area (Å²) in [5.74, 6) is 0.663. The van der Waals surface area contributed by atoms with E-state index in [9.17, 15) is 9.18 Å². The van der Waals surface area contributed by atoms with Crippen molar-refractivity contribution in [3.05, 3.63) is 58.9 Å². The Morgan fingerprint density at radius 2 is 2.08 bits per heavy atom. The molecule has 1 atom stereocenters. The van der Waals surface area contributed by atoms with Crippen LogP contribution in [-0.4, -0.2) is 45.0 Å². The summed E-state index contributed by atoms with van der Waals surface area (Å²) in [6.45, 7) is 2.54. The van der Waals surface area contributed by atoms with Gasteiger partial charge in [0.25, 0.3) is 5.56 Å². The molecule has 1 saturated carbocycles. The SMILES string of the molecule is CC[C@@H](c1nc2cccc(F)c2c(=O)n1C1CC1)n1nc(-c2cnn(CCCl)c2)c2c(N)ncnc21. The van der Waals surface area contributed by atoms with Gasteiger partial charge in [-0.25, -0.2) is 24.0 Å². The van der Waals surface area contributed by atoms with E-state index < -0.39 is 11.9 Å². The third-order valence-electron chi connectivity index (χ3n) is 6.54. The van der Waals surface area contributed by atoms with E-state index in [0.717, 1.165) is 18.4 Å². The third-order valence-corrected chi connectivity index (χ3v) is 6.71. The number of nitrogen functional groups attached to an aromatic ring is 1. The summed E-state index contributed by atoms with van der Waals surface area (Å²) in [7, 11) is 0. The Balaban J connectivity index is 1.60. The Morgan fingerprint density at radius 3 is 2.83 bits per heavy atom. The Hall–Kier alpha value is -3.86. The Bertz CT molecular complexity index is 1670. The van der Waals surface area contributed by atoms with Crippen LogP contribution < -0.4 is 11.3 Å². The second-order valence-electron chi connectivity index (χ2n) is 8.87. The maximum absolute atomic E-state index is 14.6. The van der Waals surface area contributed by atoms with E-state index in [1.54, 1.807) is 32.3 Å². The summed E-state index contributed by atoms with van der Waals surface area (Å²) < 4.78 is 19.7. The first-order chi connectivity index (χ1) is 17.5. The second-order valence-corrected chi connectivity index (χ2v) is 9.24. The van der Waals surface area contributed by atoms with Crippen molar-refractivity contribution in [1.82, 2.24) is 39.1 Å². The predicted molar refractivity (Wildman–Crippen MR) is 134 cm³/mol. The number of halogens is 2. The maximum Gasteiger partial charge on any atom is 0.264 e. The van der Waals surface area contributed by atoms with Crippen molar-refractivity contribution >= 4 is 39.4 Å². The monoisotopic (exact) mass is 507 g/mol. The molecular weight excluding hydrogens is 485 g/mol. The number of benzene rings is 1. The highest BCUT2D eigenvalue weighted by Gasteiger charge is 2.33. The van der Waals surface area contributed by atoms with Crippen molar-refractivity contribution in [3.8, 4) is 11.3 Å². The van der Waals surface area contributed by atoms with Gasteiger partial charge in [-0.2, -0.15) is 10.2 Å². The summed E-state index contributed by atoms with van der Waals surface area (Å²) in [5.41, 5.74) is 8.08. The van der Waals surface area contributed by atoms with Gasteiger partial charge in [-0.3, -0.25) is 14.0 Å². The highest BCUT2D eigenvalue weighted by atomic mass is 35.5. The zero-order valence-electron chi connectivity index (χ0n) is 19.5. The number of alkyl halides is 1. The number of hydrogen-bond donors (Lipinski definition) is 1. The molecule has 1 aromatic carbocycles. The zero-order valence-corrected chi connectivity index (χ0v) is 20.2. The Morgan fingerprint density at radius 1 is 1.25 bits per heavy atom. The number of fused-ring (bicyclic) bond motifs is 2. The molecule has 0 spiro atoms. The minimum Gasteiger partial charge on any atom is -0.383 e. The molecule has 0 bridgehead atoms. The molecule has 184 valence electrons. The minimum absolute atomic E-state index is 0.00675. The van der Waals surface area contributed by atoms with E-state index in [1.807, 2.05) is 13.1 Å². The fourth-order valence-corrected chi connectivity index (χ4v) is 4.89. The average molecular weight is 508 g/mol. The van der Waals surface area contributed by atoms with Crippen molar-refractivity contribution in [1.29, 1.82) is 0 Å². The molecule has 36 heavy (non-hydrogen) atoms. The largest absolute Gasteiger partial charge is 0.383 e. The molecule has 1 fully saturated rings. The fraction of sp³-hybridized carbons (Fsp3) is 0.333. The van der Waals surface area contributed by atoms with Gasteiger partial charge in [0, 0.05) is 23.7 Å². The van der Waals surface area contributed by atoms with Crippen LogP contribution in [0.25, 0.3) is 33.2 Å². The summed E-state index contributed by atoms with van der Waals surface area (Å²) in [6, 6.07) is 4.04. The molecule has 4 aromatic heterocycles. The second kappa shape index (κ2) is 8.66. The highest BCUT2D eigenvalue weighted by Crippen LogP contribution is 2.39. The van der Waals surface area contributed by atoms with Crippen molar-refractivity contribution in [3.63, 3.8) is 0 Å². The van der Waals surface area contributed by atoms with Gasteiger partial charge in [-0.05, 0) is 31.4 Å². The maximum atomic E-state index is 14.6. The van der Waals surface area contributed by atoms with E-state index in [-0.39, 0.29) is 22.8 Å². The van der Waals surface area contributed by atoms with Crippen LogP contribution in [0.3, 0.4) is 0 Å². The Labute approximate surface area is 209 Å². The lowest BCUT2D eigenvalue weighted by Gasteiger charge is -2.21. The molecule has 1 aliphatic carbocycles. The molecular formula is C24H23ClFN9O. The lowest BCUT2D eigenvalue weighted by molar-refractivity contribution is 0.460. The van der Waals surface area contributed by atoms with E-state index in [2.05, 4.69) is 15.1 Å². The molecule has 1 aliphatic rings. The number of aromatic nitrogens is 8. The molecule has 0 radical (unpaired) electrons. The summed E-state index contributed by atoms with van der Waals surface area (Å²) in [4.78, 5) is 27.0. The van der Waals surface area contributed by atoms with Crippen LogP contribution in [0, 0.1) is 5.82 Å². The van der Waals surface area contributed by atoms with Gasteiger partial charge in [0.05, 0.1) is 23.6 Å². The number of nitrogens with two attached hydrogens (primary N) is 1. The molecule has 10 nitrogen and oxygen atoms in total. The first kappa shape index (κ1) is 22.6. The van der Waals surface area contributed by atoms with Crippen LogP contribution in [0.5, 0.6) is 0 Å². The summed E-state index contributed by atoms with van der Waals surface area (Å²) in [6.07, 6.45) is 7.17. The lowest BCUT2D eigenvalue weighted by Crippen LogP contribution is -2.29. The number of anilines is 1. The van der Waals surface area contributed by atoms with Crippen LogP contribution in [0.1, 0.15) is 44.1 Å². The van der Waals surface area contributed by atoms with E-state index in [0.29, 0.717) is 46.9 Å². The van der Waals surface area contributed by atoms with Gasteiger partial charge in [0.15, 0.2) is 5.65 Å². The predicted octanol–water partition coefficient (Wildman–Crippen LogP) is 3.69. The normalized spacial score (nSPS) is 14.6. The van der Waals surface area contributed by atoms with Crippen LogP contribution in [0.4, 0.5) is 10.2 Å². The number of rotatable bonds is 7. The quantitative estimate of drug-likeness (QED) is 0.333. The average Bonchev–Trinajstić information content (AvgIpc) is 3.46. The number of hydrogen-bond acceptors (Lipinski definition) is 7. The van der Waals surface area contributed by atoms with Gasteiger partial charge < -0.3 is 5.73 Å². The third kappa shape index (κ3) is 3.53. The van der Waals surface area contributed by atoms with Crippen molar-refractivity contribution in [2.24, 2.45) is 0 Å². The highest BCUT2D eigenvalue weighted by molar-refractivity contribution is 6.17. The van der Waals surface area contributed by atoms with Crippen LogP contribution in [0.15, 0.2) is 41.7 Å². The van der Waals surface area contributed by atoms with Crippen molar-refractivity contribution in [2.45, 2.75) is 44.8 Å². The van der Waals surface area contributed by atoms with E-state index >= 15 is 0 Å². The van der Waals surface area contributed by atoms with Gasteiger partial charge in [0.2, 0.25) is 0 Å². The smallest absolute Gasteiger partial charge is 0.264 e. The number of nitrogens with zero attached hydrogens (tertiary/aromatic N) is 8.